The van der Waals surface area contributed by atoms with Crippen molar-refractivity contribution in [1.82, 2.24) is 0 Å². The zero-order valence-corrected chi connectivity index (χ0v) is 7.91. The van der Waals surface area contributed by atoms with Gasteiger partial charge in [0, 0.05) is 11.9 Å². The van der Waals surface area contributed by atoms with E-state index in [4.69, 9.17) is 17.3 Å². The molecule has 1 unspecified atom stereocenters. The van der Waals surface area contributed by atoms with Crippen molar-refractivity contribution in [2.45, 2.75) is 51.0 Å². The zero-order valence-electron chi connectivity index (χ0n) is 7.91. The molecule has 0 amide bonds. The Hall–Kier alpha value is -0.0151. The van der Waals surface area contributed by atoms with E-state index in [0.29, 0.717) is 5.92 Å². The summed E-state index contributed by atoms with van der Waals surface area (Å²) >= 11 is 0. The van der Waals surface area contributed by atoms with E-state index in [-0.39, 0.29) is 23.8 Å². The summed E-state index contributed by atoms with van der Waals surface area (Å²) in [5.41, 5.74) is -0.107. The van der Waals surface area contributed by atoms with Gasteiger partial charge in [-0.3, -0.25) is 0 Å². The summed E-state index contributed by atoms with van der Waals surface area (Å²) in [4.78, 5) is 0. The number of ether oxygens (including phenoxy) is 2. The zero-order chi connectivity index (χ0) is 8.93. The highest BCUT2D eigenvalue weighted by atomic mass is 16.6. The van der Waals surface area contributed by atoms with Crippen LogP contribution in [-0.2, 0) is 9.47 Å². The third-order valence-electron chi connectivity index (χ3n) is 3.54. The minimum atomic E-state index is -0.212. The fourth-order valence-corrected chi connectivity index (χ4v) is 2.70. The van der Waals surface area contributed by atoms with Crippen LogP contribution in [0.3, 0.4) is 0 Å². The molecule has 0 spiro atoms. The topological polar surface area (TPSA) is 18.5 Å². The van der Waals surface area contributed by atoms with Crippen LogP contribution in [0.25, 0.3) is 0 Å². The predicted octanol–water partition coefficient (Wildman–Crippen LogP) is 1.08. The fourth-order valence-electron chi connectivity index (χ4n) is 2.70. The van der Waals surface area contributed by atoms with Crippen LogP contribution in [-0.4, -0.2) is 31.7 Å². The van der Waals surface area contributed by atoms with E-state index in [2.05, 4.69) is 20.8 Å². The first-order valence-corrected chi connectivity index (χ1v) is 4.70. The van der Waals surface area contributed by atoms with Crippen LogP contribution in [0.15, 0.2) is 0 Å². The molecule has 0 N–H and O–H groups in total. The second-order valence-electron chi connectivity index (χ2n) is 3.92. The van der Waals surface area contributed by atoms with Crippen molar-refractivity contribution >= 4 is 7.85 Å². The Morgan fingerprint density at radius 1 is 1.42 bits per heavy atom. The van der Waals surface area contributed by atoms with Crippen molar-refractivity contribution in [2.75, 3.05) is 0 Å². The molecule has 2 bridgehead atoms. The molecule has 2 saturated heterocycles. The molecule has 0 aromatic rings. The van der Waals surface area contributed by atoms with Crippen LogP contribution >= 0.6 is 0 Å². The van der Waals surface area contributed by atoms with Crippen LogP contribution in [0.4, 0.5) is 0 Å². The van der Waals surface area contributed by atoms with Gasteiger partial charge in [-0.25, -0.2) is 0 Å². The van der Waals surface area contributed by atoms with Crippen molar-refractivity contribution in [2.24, 2.45) is 5.92 Å². The van der Waals surface area contributed by atoms with Crippen molar-refractivity contribution in [1.29, 1.82) is 0 Å². The molecule has 0 aromatic heterocycles. The Kier molecular flexibility index (Phi) is 1.78. The van der Waals surface area contributed by atoms with Gasteiger partial charge in [-0.15, -0.1) is 0 Å². The first kappa shape index (κ1) is 8.58. The summed E-state index contributed by atoms with van der Waals surface area (Å²) in [6.07, 6.45) is 1.29. The molecule has 2 heterocycles. The standard InChI is InChI=1S/C9H15BO2/c1-4-9-5(2)7(8(10)12-9)11-6(9)3/h5-8H,4H2,1-3H3/t5?,6-,7-,8+,9+/m0/s1. The second-order valence-corrected chi connectivity index (χ2v) is 3.92. The summed E-state index contributed by atoms with van der Waals surface area (Å²) in [6.45, 7) is 6.38. The maximum Gasteiger partial charge on any atom is 0.112 e. The summed E-state index contributed by atoms with van der Waals surface area (Å²) in [7, 11) is 5.79. The van der Waals surface area contributed by atoms with E-state index in [1.165, 1.54) is 0 Å². The largest absolute Gasteiger partial charge is 0.376 e. The highest BCUT2D eigenvalue weighted by Gasteiger charge is 2.60. The third-order valence-corrected chi connectivity index (χ3v) is 3.54. The van der Waals surface area contributed by atoms with Crippen LogP contribution < -0.4 is 0 Å². The lowest BCUT2D eigenvalue weighted by Gasteiger charge is -2.35. The smallest absolute Gasteiger partial charge is 0.112 e. The van der Waals surface area contributed by atoms with Crippen molar-refractivity contribution in [3.05, 3.63) is 0 Å². The van der Waals surface area contributed by atoms with Gasteiger partial charge in [0.1, 0.15) is 7.85 Å². The highest BCUT2D eigenvalue weighted by Crippen LogP contribution is 2.49. The Morgan fingerprint density at radius 2 is 2.08 bits per heavy atom. The summed E-state index contributed by atoms with van der Waals surface area (Å²) in [5.74, 6) is 0.437. The lowest BCUT2D eigenvalue weighted by molar-refractivity contribution is -0.156. The maximum absolute atomic E-state index is 5.79. The first-order chi connectivity index (χ1) is 5.62. The van der Waals surface area contributed by atoms with Gasteiger partial charge in [0.15, 0.2) is 0 Å². The summed E-state index contributed by atoms with van der Waals surface area (Å²) in [5, 5.41) is 0. The molecule has 12 heavy (non-hydrogen) atoms. The lowest BCUT2D eigenvalue weighted by atomic mass is 9.82. The monoisotopic (exact) mass is 166 g/mol. The molecular weight excluding hydrogens is 151 g/mol. The van der Waals surface area contributed by atoms with Crippen LogP contribution in [0.5, 0.6) is 0 Å². The van der Waals surface area contributed by atoms with Gasteiger partial charge < -0.3 is 9.47 Å². The molecule has 2 rings (SSSR count). The molecular formula is C9H15BO2. The average Bonchev–Trinajstić information content (AvgIpc) is 2.41. The van der Waals surface area contributed by atoms with Gasteiger partial charge in [-0.2, -0.15) is 0 Å². The van der Waals surface area contributed by atoms with Crippen LogP contribution in [0.2, 0.25) is 0 Å². The van der Waals surface area contributed by atoms with Gasteiger partial charge in [0.05, 0.1) is 17.8 Å². The molecule has 0 aliphatic carbocycles. The molecule has 0 saturated carbocycles. The normalized spacial score (nSPS) is 57.9. The van der Waals surface area contributed by atoms with Crippen LogP contribution in [0.1, 0.15) is 27.2 Å². The van der Waals surface area contributed by atoms with Crippen molar-refractivity contribution in [3.63, 3.8) is 0 Å². The quantitative estimate of drug-likeness (QED) is 0.542. The van der Waals surface area contributed by atoms with Gasteiger partial charge in [-0.1, -0.05) is 13.8 Å². The van der Waals surface area contributed by atoms with Crippen molar-refractivity contribution in [3.8, 4) is 0 Å². The molecule has 3 heteroatoms. The van der Waals surface area contributed by atoms with Gasteiger partial charge >= 0.3 is 0 Å². The number of fused-ring (bicyclic) bond motifs is 2. The second kappa shape index (κ2) is 2.49. The molecule has 5 atom stereocenters. The van der Waals surface area contributed by atoms with Gasteiger partial charge in [0.2, 0.25) is 0 Å². The molecule has 66 valence electrons. The average molecular weight is 166 g/mol. The van der Waals surface area contributed by atoms with E-state index >= 15 is 0 Å². The third kappa shape index (κ3) is 0.788. The van der Waals surface area contributed by atoms with Gasteiger partial charge in [0.25, 0.3) is 0 Å². The highest BCUT2D eigenvalue weighted by molar-refractivity contribution is 6.11. The molecule has 2 aliphatic heterocycles. The molecule has 2 aliphatic rings. The number of hydrogen-bond acceptors (Lipinski definition) is 2. The number of hydrogen-bond donors (Lipinski definition) is 0. The Labute approximate surface area is 75.0 Å². The van der Waals surface area contributed by atoms with E-state index < -0.39 is 0 Å². The summed E-state index contributed by atoms with van der Waals surface area (Å²) < 4.78 is 11.5. The Bertz CT molecular complexity index is 197. The Balaban J connectivity index is 2.30. The minimum absolute atomic E-state index is 0.107. The Morgan fingerprint density at radius 3 is 2.42 bits per heavy atom. The molecule has 2 radical (unpaired) electrons. The van der Waals surface area contributed by atoms with E-state index in [1.54, 1.807) is 0 Å². The van der Waals surface area contributed by atoms with Crippen molar-refractivity contribution < 1.29 is 9.47 Å². The fraction of sp³-hybridized carbons (Fsp3) is 1.00. The first-order valence-electron chi connectivity index (χ1n) is 4.70. The molecule has 2 fully saturated rings. The minimum Gasteiger partial charge on any atom is -0.376 e. The van der Waals surface area contributed by atoms with Crippen LogP contribution in [0, 0.1) is 5.92 Å². The van der Waals surface area contributed by atoms with E-state index in [0.717, 1.165) is 6.42 Å². The number of rotatable bonds is 1. The molecule has 2 nitrogen and oxygen atoms in total. The molecule has 0 aromatic carbocycles. The lowest BCUT2D eigenvalue weighted by Crippen LogP contribution is -2.44. The van der Waals surface area contributed by atoms with Gasteiger partial charge in [-0.05, 0) is 13.3 Å². The maximum atomic E-state index is 5.79. The van der Waals surface area contributed by atoms with E-state index in [9.17, 15) is 0 Å². The summed E-state index contributed by atoms with van der Waals surface area (Å²) in [6, 6.07) is -0.212. The predicted molar refractivity (Wildman–Crippen MR) is 47.1 cm³/mol. The van der Waals surface area contributed by atoms with E-state index in [1.807, 2.05) is 0 Å². The SMILES string of the molecule is [B][C@@H]1O[C@]2(CC)C(C)[C@@H]1O[C@H]2C.